The quantitative estimate of drug-likeness (QED) is 0.929. The summed E-state index contributed by atoms with van der Waals surface area (Å²) in [5.41, 5.74) is 1.11. The summed E-state index contributed by atoms with van der Waals surface area (Å²) in [4.78, 5) is 2.24. The molecule has 0 aliphatic carbocycles. The van der Waals surface area contributed by atoms with E-state index in [0.29, 0.717) is 4.70 Å². The average molecular weight is 342 g/mol. The Kier molecular flexibility index (Phi) is 4.49. The van der Waals surface area contributed by atoms with E-state index in [4.69, 9.17) is 5.14 Å². The summed E-state index contributed by atoms with van der Waals surface area (Å²) in [7, 11) is -3.42. The molecule has 2 aromatic rings. The van der Waals surface area contributed by atoms with Gasteiger partial charge in [-0.2, -0.15) is 0 Å². The number of hydrogen-bond acceptors (Lipinski definition) is 4. The molecule has 1 aromatic heterocycles. The van der Waals surface area contributed by atoms with Crippen LogP contribution in [0.25, 0.3) is 10.1 Å². The highest BCUT2D eigenvalue weighted by molar-refractivity contribution is 7.89. The number of nitrogens with zero attached hydrogens (tertiary/aromatic N) is 1. The molecule has 1 fully saturated rings. The molecule has 22 heavy (non-hydrogen) atoms. The van der Waals surface area contributed by atoms with E-state index in [2.05, 4.69) is 4.90 Å². The summed E-state index contributed by atoms with van der Waals surface area (Å²) in [6.07, 6.45) is 1.86. The Morgan fingerprint density at radius 1 is 1.41 bits per heavy atom. The Labute approximate surface area is 133 Å². The summed E-state index contributed by atoms with van der Waals surface area (Å²) in [6.45, 7) is 2.39. The molecule has 0 spiro atoms. The fourth-order valence-corrected chi connectivity index (χ4v) is 5.10. The lowest BCUT2D eigenvalue weighted by Gasteiger charge is -2.32. The van der Waals surface area contributed by atoms with E-state index >= 15 is 0 Å². The van der Waals surface area contributed by atoms with E-state index in [1.54, 1.807) is 6.07 Å². The van der Waals surface area contributed by atoms with Gasteiger partial charge < -0.3 is 0 Å². The lowest BCUT2D eigenvalue weighted by Crippen LogP contribution is -2.38. The largest absolute Gasteiger partial charge is 0.299 e. The first-order chi connectivity index (χ1) is 10.4. The van der Waals surface area contributed by atoms with Crippen molar-refractivity contribution in [3.05, 3.63) is 35.0 Å². The summed E-state index contributed by atoms with van der Waals surface area (Å²) in [5.74, 6) is -0.0485. The maximum atomic E-state index is 13.7. The third kappa shape index (κ3) is 3.65. The molecule has 1 aromatic carbocycles. The molecule has 0 unspecified atom stereocenters. The summed E-state index contributed by atoms with van der Waals surface area (Å²) >= 11 is 1.42. The van der Waals surface area contributed by atoms with Crippen LogP contribution in [0.2, 0.25) is 0 Å². The molecule has 1 aliphatic heterocycles. The molecule has 4 nitrogen and oxygen atoms in total. The normalized spacial score (nSPS) is 20.5. The van der Waals surface area contributed by atoms with Crippen LogP contribution in [0, 0.1) is 11.7 Å². The first-order valence-electron chi connectivity index (χ1n) is 7.30. The lowest BCUT2D eigenvalue weighted by molar-refractivity contribution is 0.178. The van der Waals surface area contributed by atoms with Gasteiger partial charge in [-0.3, -0.25) is 4.90 Å². The third-order valence-electron chi connectivity index (χ3n) is 4.10. The van der Waals surface area contributed by atoms with Crippen LogP contribution in [0.4, 0.5) is 4.39 Å². The maximum absolute atomic E-state index is 13.7. The third-order valence-corrected chi connectivity index (χ3v) is 6.09. The minimum atomic E-state index is -3.42. The molecule has 3 rings (SSSR count). The second-order valence-electron chi connectivity index (χ2n) is 5.95. The number of piperidine rings is 1. The Morgan fingerprint density at radius 3 is 3.00 bits per heavy atom. The molecule has 2 heterocycles. The van der Waals surface area contributed by atoms with Gasteiger partial charge >= 0.3 is 0 Å². The van der Waals surface area contributed by atoms with Crippen molar-refractivity contribution in [1.29, 1.82) is 0 Å². The van der Waals surface area contributed by atoms with Crippen LogP contribution in [0.5, 0.6) is 0 Å². The van der Waals surface area contributed by atoms with Gasteiger partial charge in [0.05, 0.1) is 10.5 Å². The number of halogens is 1. The number of nitrogens with two attached hydrogens (primary N) is 1. The molecular formula is C15H19FN2O2S2. The van der Waals surface area contributed by atoms with Gasteiger partial charge in [-0.1, -0.05) is 12.1 Å². The lowest BCUT2D eigenvalue weighted by atomic mass is 9.99. The van der Waals surface area contributed by atoms with Crippen molar-refractivity contribution in [1.82, 2.24) is 4.90 Å². The van der Waals surface area contributed by atoms with E-state index < -0.39 is 10.0 Å². The minimum absolute atomic E-state index is 0.0442. The van der Waals surface area contributed by atoms with Crippen molar-refractivity contribution < 1.29 is 12.8 Å². The second-order valence-corrected chi connectivity index (χ2v) is 8.49. The van der Waals surface area contributed by atoms with Crippen LogP contribution in [0.1, 0.15) is 18.4 Å². The Bertz CT molecular complexity index is 773. The van der Waals surface area contributed by atoms with E-state index in [9.17, 15) is 12.8 Å². The van der Waals surface area contributed by atoms with E-state index in [-0.39, 0.29) is 17.5 Å². The summed E-state index contributed by atoms with van der Waals surface area (Å²) in [6, 6.07) is 5.15. The highest BCUT2D eigenvalue weighted by Gasteiger charge is 2.24. The van der Waals surface area contributed by atoms with E-state index in [1.807, 2.05) is 11.4 Å². The number of primary sulfonamides is 1. The number of hydrogen-bond donors (Lipinski definition) is 1. The molecule has 0 radical (unpaired) electrons. The molecule has 2 N–H and O–H groups in total. The minimum Gasteiger partial charge on any atom is -0.299 e. The number of fused-ring (bicyclic) bond motifs is 1. The zero-order chi connectivity index (χ0) is 15.7. The van der Waals surface area contributed by atoms with Crippen molar-refractivity contribution in [3.63, 3.8) is 0 Å². The van der Waals surface area contributed by atoms with Crippen LogP contribution in [-0.4, -0.2) is 32.2 Å². The molecule has 0 amide bonds. The SMILES string of the molecule is NS(=O)(=O)C[C@H]1CCCN(Cc2csc3c(F)cccc23)C1. The average Bonchev–Trinajstić information content (AvgIpc) is 2.82. The van der Waals surface area contributed by atoms with Gasteiger partial charge in [-0.15, -0.1) is 11.3 Å². The predicted molar refractivity (Wildman–Crippen MR) is 87.8 cm³/mol. The molecule has 120 valence electrons. The van der Waals surface area contributed by atoms with Gasteiger partial charge in [0.25, 0.3) is 0 Å². The van der Waals surface area contributed by atoms with E-state index in [0.717, 1.165) is 43.4 Å². The monoisotopic (exact) mass is 342 g/mol. The van der Waals surface area contributed by atoms with Crippen LogP contribution in [-0.2, 0) is 16.6 Å². The van der Waals surface area contributed by atoms with Crippen LogP contribution < -0.4 is 5.14 Å². The Balaban J connectivity index is 1.73. The fraction of sp³-hybridized carbons (Fsp3) is 0.467. The molecule has 1 aliphatic rings. The molecule has 7 heteroatoms. The highest BCUT2D eigenvalue weighted by atomic mass is 32.2. The predicted octanol–water partition coefficient (Wildman–Crippen LogP) is 2.54. The molecule has 0 saturated carbocycles. The van der Waals surface area contributed by atoms with Gasteiger partial charge in [0, 0.05) is 13.1 Å². The number of benzene rings is 1. The van der Waals surface area contributed by atoms with Crippen molar-refractivity contribution in [3.8, 4) is 0 Å². The zero-order valence-electron chi connectivity index (χ0n) is 12.2. The maximum Gasteiger partial charge on any atom is 0.209 e. The molecular weight excluding hydrogens is 323 g/mol. The Morgan fingerprint density at radius 2 is 2.23 bits per heavy atom. The van der Waals surface area contributed by atoms with Gasteiger partial charge in [-0.25, -0.2) is 17.9 Å². The van der Waals surface area contributed by atoms with Crippen molar-refractivity contribution in [2.75, 3.05) is 18.8 Å². The number of likely N-dealkylation sites (tertiary alicyclic amines) is 1. The number of rotatable bonds is 4. The van der Waals surface area contributed by atoms with Gasteiger partial charge in [0.1, 0.15) is 5.82 Å². The fourth-order valence-electron chi connectivity index (χ4n) is 3.20. The van der Waals surface area contributed by atoms with Crippen molar-refractivity contribution in [2.24, 2.45) is 11.1 Å². The smallest absolute Gasteiger partial charge is 0.209 e. The van der Waals surface area contributed by atoms with E-state index in [1.165, 1.54) is 17.4 Å². The first kappa shape index (κ1) is 15.9. The standard InChI is InChI=1S/C15H19FN2O2S2/c16-14-5-1-4-13-12(9-21-15(13)14)8-18-6-2-3-11(7-18)10-22(17,19)20/h1,4-5,9,11H,2-3,6-8,10H2,(H2,17,19,20)/t11-/m0/s1. The zero-order valence-corrected chi connectivity index (χ0v) is 13.8. The van der Waals surface area contributed by atoms with Crippen LogP contribution in [0.15, 0.2) is 23.6 Å². The van der Waals surface area contributed by atoms with Crippen LogP contribution in [0.3, 0.4) is 0 Å². The summed E-state index contributed by atoms with van der Waals surface area (Å²) in [5, 5.41) is 8.11. The summed E-state index contributed by atoms with van der Waals surface area (Å²) < 4.78 is 36.9. The van der Waals surface area contributed by atoms with Gasteiger partial charge in [0.15, 0.2) is 0 Å². The number of thiophene rings is 1. The number of sulfonamides is 1. The van der Waals surface area contributed by atoms with Crippen molar-refractivity contribution >= 4 is 31.4 Å². The molecule has 1 saturated heterocycles. The topological polar surface area (TPSA) is 63.4 Å². The molecule has 0 bridgehead atoms. The first-order valence-corrected chi connectivity index (χ1v) is 9.89. The second kappa shape index (κ2) is 6.23. The van der Waals surface area contributed by atoms with Crippen molar-refractivity contribution in [2.45, 2.75) is 19.4 Å². The van der Waals surface area contributed by atoms with Crippen LogP contribution >= 0.6 is 11.3 Å². The Hall–Kier alpha value is -1.02. The van der Waals surface area contributed by atoms with Gasteiger partial charge in [0.2, 0.25) is 10.0 Å². The van der Waals surface area contributed by atoms with Gasteiger partial charge in [-0.05, 0) is 47.7 Å². The highest BCUT2D eigenvalue weighted by Crippen LogP contribution is 2.30. The molecule has 1 atom stereocenters.